The standard InChI is InChI=1S/C22H30O4S/c1-16(2)20-8-10-21(11-9-20)26-19(5)25-13-6-14-27(23,24)22-12-7-17(3)15-18(22)4/h7-12,15-16,19H,6,13-14H2,1-5H3. The molecule has 0 aliphatic rings. The lowest BCUT2D eigenvalue weighted by atomic mass is 10.0. The van der Waals surface area contributed by atoms with Crippen LogP contribution < -0.4 is 4.74 Å². The smallest absolute Gasteiger partial charge is 0.196 e. The lowest BCUT2D eigenvalue weighted by Crippen LogP contribution is -2.19. The van der Waals surface area contributed by atoms with E-state index in [1.165, 1.54) is 5.56 Å². The van der Waals surface area contributed by atoms with E-state index in [1.54, 1.807) is 6.07 Å². The predicted molar refractivity (Wildman–Crippen MR) is 109 cm³/mol. The van der Waals surface area contributed by atoms with Crippen molar-refractivity contribution in [3.05, 3.63) is 59.2 Å². The molecule has 0 aromatic heterocycles. The summed E-state index contributed by atoms with van der Waals surface area (Å²) in [5.41, 5.74) is 3.10. The third-order valence-electron chi connectivity index (χ3n) is 4.42. The van der Waals surface area contributed by atoms with E-state index in [1.807, 2.05) is 57.2 Å². The molecule has 1 unspecified atom stereocenters. The van der Waals surface area contributed by atoms with Crippen LogP contribution >= 0.6 is 0 Å². The van der Waals surface area contributed by atoms with Crippen LogP contribution in [0.5, 0.6) is 5.75 Å². The van der Waals surface area contributed by atoms with E-state index in [0.29, 0.717) is 23.8 Å². The highest BCUT2D eigenvalue weighted by molar-refractivity contribution is 7.91. The minimum absolute atomic E-state index is 0.0622. The van der Waals surface area contributed by atoms with Gasteiger partial charge in [0.2, 0.25) is 0 Å². The molecule has 0 aliphatic carbocycles. The first-order valence-corrected chi connectivity index (χ1v) is 11.0. The van der Waals surface area contributed by atoms with E-state index in [4.69, 9.17) is 9.47 Å². The maximum atomic E-state index is 12.5. The van der Waals surface area contributed by atoms with Crippen molar-refractivity contribution in [2.24, 2.45) is 0 Å². The summed E-state index contributed by atoms with van der Waals surface area (Å²) in [5, 5.41) is 0. The SMILES string of the molecule is Cc1ccc(S(=O)(=O)CCCOC(C)Oc2ccc(C(C)C)cc2)c(C)c1. The Morgan fingerprint density at radius 2 is 1.63 bits per heavy atom. The largest absolute Gasteiger partial charge is 0.465 e. The van der Waals surface area contributed by atoms with E-state index in [9.17, 15) is 8.42 Å². The second kappa shape index (κ2) is 9.38. The van der Waals surface area contributed by atoms with Gasteiger partial charge in [-0.05, 0) is 62.4 Å². The zero-order valence-electron chi connectivity index (χ0n) is 16.9. The summed E-state index contributed by atoms with van der Waals surface area (Å²) >= 11 is 0. The third kappa shape index (κ3) is 6.36. The molecule has 2 aromatic carbocycles. The summed E-state index contributed by atoms with van der Waals surface area (Å²) in [6.07, 6.45) is -0.00552. The van der Waals surface area contributed by atoms with Crippen LogP contribution in [0, 0.1) is 13.8 Å². The van der Waals surface area contributed by atoms with E-state index < -0.39 is 16.1 Å². The first-order chi connectivity index (χ1) is 12.7. The summed E-state index contributed by atoms with van der Waals surface area (Å²) < 4.78 is 36.3. The predicted octanol–water partition coefficient (Wildman–Crippen LogP) is 5.03. The topological polar surface area (TPSA) is 52.6 Å². The summed E-state index contributed by atoms with van der Waals surface area (Å²) in [6.45, 7) is 10.2. The van der Waals surface area contributed by atoms with Gasteiger partial charge in [0.1, 0.15) is 5.75 Å². The number of sulfone groups is 1. The van der Waals surface area contributed by atoms with Gasteiger partial charge >= 0.3 is 0 Å². The minimum Gasteiger partial charge on any atom is -0.465 e. The normalized spacial score (nSPS) is 13.0. The van der Waals surface area contributed by atoms with Crippen molar-refractivity contribution in [2.45, 2.75) is 58.1 Å². The molecule has 1 atom stereocenters. The van der Waals surface area contributed by atoms with Crippen LogP contribution in [0.4, 0.5) is 0 Å². The summed E-state index contributed by atoms with van der Waals surface area (Å²) in [7, 11) is -3.30. The maximum absolute atomic E-state index is 12.5. The number of ether oxygens (including phenoxy) is 2. The molecule has 0 fully saturated rings. The molecular formula is C22H30O4S. The van der Waals surface area contributed by atoms with E-state index in [0.717, 1.165) is 16.9 Å². The van der Waals surface area contributed by atoms with Gasteiger partial charge in [-0.25, -0.2) is 8.42 Å². The fourth-order valence-corrected chi connectivity index (χ4v) is 4.46. The van der Waals surface area contributed by atoms with Crippen molar-refractivity contribution >= 4 is 9.84 Å². The molecule has 2 aromatic rings. The van der Waals surface area contributed by atoms with E-state index in [2.05, 4.69) is 13.8 Å². The zero-order valence-corrected chi connectivity index (χ0v) is 17.7. The fraction of sp³-hybridized carbons (Fsp3) is 0.455. The number of aryl methyl sites for hydroxylation is 2. The highest BCUT2D eigenvalue weighted by Crippen LogP contribution is 2.20. The highest BCUT2D eigenvalue weighted by Gasteiger charge is 2.17. The van der Waals surface area contributed by atoms with Crippen LogP contribution in [0.25, 0.3) is 0 Å². The van der Waals surface area contributed by atoms with Gasteiger partial charge in [0.05, 0.1) is 17.3 Å². The van der Waals surface area contributed by atoms with Crippen LogP contribution in [-0.2, 0) is 14.6 Å². The second-order valence-corrected chi connectivity index (χ2v) is 9.30. The average Bonchev–Trinajstić information content (AvgIpc) is 2.59. The lowest BCUT2D eigenvalue weighted by molar-refractivity contribution is -0.0661. The summed E-state index contributed by atoms with van der Waals surface area (Å²) in [5.74, 6) is 1.29. The molecule has 0 heterocycles. The van der Waals surface area contributed by atoms with Gasteiger partial charge in [-0.15, -0.1) is 0 Å². The van der Waals surface area contributed by atoms with Crippen molar-refractivity contribution < 1.29 is 17.9 Å². The highest BCUT2D eigenvalue weighted by atomic mass is 32.2. The number of hydrogen-bond acceptors (Lipinski definition) is 4. The Balaban J connectivity index is 1.80. The molecule has 5 heteroatoms. The fourth-order valence-electron chi connectivity index (χ4n) is 2.91. The Labute approximate surface area is 163 Å². The molecule has 2 rings (SSSR count). The van der Waals surface area contributed by atoms with E-state index in [-0.39, 0.29) is 5.75 Å². The molecule has 0 radical (unpaired) electrons. The Morgan fingerprint density at radius 3 is 2.22 bits per heavy atom. The molecule has 0 N–H and O–H groups in total. The molecule has 0 aliphatic heterocycles. The number of hydrogen-bond donors (Lipinski definition) is 0. The van der Waals surface area contributed by atoms with Crippen molar-refractivity contribution in [3.63, 3.8) is 0 Å². The van der Waals surface area contributed by atoms with Gasteiger partial charge in [-0.1, -0.05) is 43.7 Å². The third-order valence-corrected chi connectivity index (χ3v) is 6.38. The van der Waals surface area contributed by atoms with Crippen LogP contribution in [0.15, 0.2) is 47.4 Å². The van der Waals surface area contributed by atoms with Crippen molar-refractivity contribution in [1.82, 2.24) is 0 Å². The minimum atomic E-state index is -3.30. The van der Waals surface area contributed by atoms with Gasteiger partial charge in [-0.3, -0.25) is 0 Å². The number of benzene rings is 2. The molecule has 0 bridgehead atoms. The molecule has 27 heavy (non-hydrogen) atoms. The van der Waals surface area contributed by atoms with Gasteiger partial charge in [0.15, 0.2) is 16.1 Å². The van der Waals surface area contributed by atoms with Gasteiger partial charge < -0.3 is 9.47 Å². The first-order valence-electron chi connectivity index (χ1n) is 9.37. The summed E-state index contributed by atoms with van der Waals surface area (Å²) in [6, 6.07) is 13.4. The van der Waals surface area contributed by atoms with Crippen LogP contribution in [0.1, 0.15) is 49.8 Å². The number of rotatable bonds is 9. The quantitative estimate of drug-likeness (QED) is 0.445. The molecule has 0 spiro atoms. The first kappa shape index (κ1) is 21.5. The Bertz CT molecular complexity index is 839. The average molecular weight is 391 g/mol. The second-order valence-electron chi connectivity index (χ2n) is 7.22. The zero-order chi connectivity index (χ0) is 20.0. The van der Waals surface area contributed by atoms with E-state index >= 15 is 0 Å². The molecule has 4 nitrogen and oxygen atoms in total. The van der Waals surface area contributed by atoms with Crippen molar-refractivity contribution in [3.8, 4) is 5.75 Å². The summed E-state index contributed by atoms with van der Waals surface area (Å²) in [4.78, 5) is 0.405. The van der Waals surface area contributed by atoms with Crippen molar-refractivity contribution in [1.29, 1.82) is 0 Å². The molecule has 0 saturated heterocycles. The Hall–Kier alpha value is -1.85. The van der Waals surface area contributed by atoms with Gasteiger partial charge in [0.25, 0.3) is 0 Å². The van der Waals surface area contributed by atoms with Crippen LogP contribution in [0.3, 0.4) is 0 Å². The molecule has 0 saturated carbocycles. The van der Waals surface area contributed by atoms with Crippen LogP contribution in [0.2, 0.25) is 0 Å². The monoisotopic (exact) mass is 390 g/mol. The maximum Gasteiger partial charge on any atom is 0.196 e. The Morgan fingerprint density at radius 1 is 0.963 bits per heavy atom. The Kier molecular flexibility index (Phi) is 7.45. The van der Waals surface area contributed by atoms with Gasteiger partial charge in [0, 0.05) is 0 Å². The lowest BCUT2D eigenvalue weighted by Gasteiger charge is -2.16. The molecular weight excluding hydrogens is 360 g/mol. The van der Waals surface area contributed by atoms with Crippen molar-refractivity contribution in [2.75, 3.05) is 12.4 Å². The molecule has 148 valence electrons. The molecule has 0 amide bonds. The van der Waals surface area contributed by atoms with Gasteiger partial charge in [-0.2, -0.15) is 0 Å². The van der Waals surface area contributed by atoms with Crippen LogP contribution in [-0.4, -0.2) is 27.1 Å².